The van der Waals surface area contributed by atoms with Crippen LogP contribution in [0.4, 0.5) is 5.69 Å². The highest BCUT2D eigenvalue weighted by molar-refractivity contribution is 7.25. The van der Waals surface area contributed by atoms with E-state index >= 15 is 0 Å². The van der Waals surface area contributed by atoms with Crippen molar-refractivity contribution in [2.45, 2.75) is 0 Å². The molecule has 0 fully saturated rings. The molecule has 0 aliphatic rings. The minimum atomic E-state index is 1.23. The Morgan fingerprint density at radius 1 is 0.682 bits per heavy atom. The minimum absolute atomic E-state index is 1.23. The Morgan fingerprint density at radius 2 is 1.36 bits per heavy atom. The number of hydrogen-bond acceptors (Lipinski definition) is 2. The molecule has 0 aliphatic heterocycles. The van der Waals surface area contributed by atoms with E-state index in [0.717, 1.165) is 0 Å². The Bertz CT molecular complexity index is 948. The zero-order valence-electron chi connectivity index (χ0n) is 12.7. The van der Waals surface area contributed by atoms with E-state index in [4.69, 9.17) is 0 Å². The summed E-state index contributed by atoms with van der Waals surface area (Å²) in [5.41, 5.74) is 3.77. The smallest absolute Gasteiger partial charge is 0.0361 e. The quantitative estimate of drug-likeness (QED) is 0.453. The Hall–Kier alpha value is -2.32. The molecule has 0 saturated heterocycles. The van der Waals surface area contributed by atoms with Crippen LogP contribution in [0.25, 0.3) is 31.3 Å². The van der Waals surface area contributed by atoms with Crippen LogP contribution in [0, 0.1) is 0 Å². The largest absolute Gasteiger partial charge is 0.378 e. The molecule has 0 atom stereocenters. The first kappa shape index (κ1) is 13.4. The van der Waals surface area contributed by atoms with Gasteiger partial charge in [0.05, 0.1) is 0 Å². The monoisotopic (exact) mass is 303 g/mol. The molecule has 0 N–H and O–H groups in total. The predicted molar refractivity (Wildman–Crippen MR) is 99.1 cm³/mol. The second-order valence-electron chi connectivity index (χ2n) is 5.75. The van der Waals surface area contributed by atoms with Crippen LogP contribution >= 0.6 is 11.3 Å². The van der Waals surface area contributed by atoms with E-state index in [1.165, 1.54) is 37.0 Å². The van der Waals surface area contributed by atoms with Gasteiger partial charge < -0.3 is 4.90 Å². The lowest BCUT2D eigenvalue weighted by atomic mass is 10.0. The second-order valence-corrected chi connectivity index (χ2v) is 6.83. The molecule has 1 heterocycles. The molecule has 22 heavy (non-hydrogen) atoms. The van der Waals surface area contributed by atoms with Crippen LogP contribution < -0.4 is 4.90 Å². The molecule has 3 aromatic carbocycles. The van der Waals surface area contributed by atoms with Crippen molar-refractivity contribution >= 4 is 37.2 Å². The molecular formula is C20H17NS. The molecule has 4 aromatic rings. The Morgan fingerprint density at radius 3 is 2.14 bits per heavy atom. The van der Waals surface area contributed by atoms with E-state index in [0.29, 0.717) is 0 Å². The summed E-state index contributed by atoms with van der Waals surface area (Å²) in [6.07, 6.45) is 0. The summed E-state index contributed by atoms with van der Waals surface area (Å²) in [6, 6.07) is 24.2. The third kappa shape index (κ3) is 2.16. The van der Waals surface area contributed by atoms with Crippen LogP contribution in [0.5, 0.6) is 0 Å². The van der Waals surface area contributed by atoms with Crippen molar-refractivity contribution in [3.05, 3.63) is 66.7 Å². The van der Waals surface area contributed by atoms with Crippen molar-refractivity contribution in [1.82, 2.24) is 0 Å². The van der Waals surface area contributed by atoms with Crippen molar-refractivity contribution in [2.75, 3.05) is 19.0 Å². The maximum absolute atomic E-state index is 2.32. The summed E-state index contributed by atoms with van der Waals surface area (Å²) in [7, 11) is 4.14. The van der Waals surface area contributed by atoms with Gasteiger partial charge in [-0.1, -0.05) is 36.4 Å². The summed E-state index contributed by atoms with van der Waals surface area (Å²) in [5, 5.41) is 2.71. The molecule has 0 amide bonds. The van der Waals surface area contributed by atoms with Gasteiger partial charge in [0.25, 0.3) is 0 Å². The maximum Gasteiger partial charge on any atom is 0.0361 e. The van der Waals surface area contributed by atoms with Crippen molar-refractivity contribution in [3.8, 4) is 11.1 Å². The molecule has 0 saturated carbocycles. The molecule has 0 unspecified atom stereocenters. The number of benzene rings is 3. The van der Waals surface area contributed by atoms with Crippen molar-refractivity contribution in [3.63, 3.8) is 0 Å². The lowest BCUT2D eigenvalue weighted by Crippen LogP contribution is -2.07. The first-order valence-corrected chi connectivity index (χ1v) is 8.23. The highest BCUT2D eigenvalue weighted by atomic mass is 32.1. The zero-order valence-corrected chi connectivity index (χ0v) is 13.5. The highest BCUT2D eigenvalue weighted by Crippen LogP contribution is 2.36. The number of anilines is 1. The van der Waals surface area contributed by atoms with Crippen LogP contribution in [-0.2, 0) is 0 Å². The maximum atomic E-state index is 2.32. The van der Waals surface area contributed by atoms with Gasteiger partial charge in [0.1, 0.15) is 0 Å². The normalized spacial score (nSPS) is 11.2. The number of fused-ring (bicyclic) bond motifs is 3. The minimum Gasteiger partial charge on any atom is -0.378 e. The Labute approximate surface area is 134 Å². The highest BCUT2D eigenvalue weighted by Gasteiger charge is 2.06. The average molecular weight is 303 g/mol. The van der Waals surface area contributed by atoms with Gasteiger partial charge in [0.15, 0.2) is 0 Å². The summed E-state index contributed by atoms with van der Waals surface area (Å²) >= 11 is 1.87. The van der Waals surface area contributed by atoms with Crippen molar-refractivity contribution in [2.24, 2.45) is 0 Å². The van der Waals surface area contributed by atoms with Crippen LogP contribution in [0.2, 0.25) is 0 Å². The van der Waals surface area contributed by atoms with Gasteiger partial charge >= 0.3 is 0 Å². The van der Waals surface area contributed by atoms with Gasteiger partial charge in [-0.15, -0.1) is 11.3 Å². The zero-order chi connectivity index (χ0) is 15.1. The molecule has 0 aliphatic carbocycles. The fourth-order valence-corrected chi connectivity index (χ4v) is 3.94. The van der Waals surface area contributed by atoms with E-state index < -0.39 is 0 Å². The third-order valence-electron chi connectivity index (χ3n) is 4.09. The molecule has 0 radical (unpaired) electrons. The van der Waals surface area contributed by atoms with Crippen LogP contribution in [0.15, 0.2) is 66.7 Å². The van der Waals surface area contributed by atoms with Crippen LogP contribution in [0.3, 0.4) is 0 Å². The van der Waals surface area contributed by atoms with E-state index in [2.05, 4.69) is 85.7 Å². The second kappa shape index (κ2) is 5.15. The number of hydrogen-bond donors (Lipinski definition) is 0. The van der Waals surface area contributed by atoms with Crippen LogP contribution in [-0.4, -0.2) is 14.1 Å². The standard InChI is InChI=1S/C20H17NS/c1-21(2)16-10-7-14(8-11-16)15-9-12-20-18(13-15)17-5-3-4-6-19(17)22-20/h3-13H,1-2H3. The lowest BCUT2D eigenvalue weighted by molar-refractivity contribution is 1.13. The SMILES string of the molecule is CN(C)c1ccc(-c2ccc3sc4ccccc4c3c2)cc1. The van der Waals surface area contributed by atoms with Crippen molar-refractivity contribution < 1.29 is 0 Å². The van der Waals surface area contributed by atoms with E-state index in [1.54, 1.807) is 0 Å². The van der Waals surface area contributed by atoms with E-state index in [-0.39, 0.29) is 0 Å². The first-order valence-electron chi connectivity index (χ1n) is 7.41. The summed E-state index contributed by atoms with van der Waals surface area (Å²) < 4.78 is 2.72. The molecular weight excluding hydrogens is 286 g/mol. The van der Waals surface area contributed by atoms with Gasteiger partial charge in [0, 0.05) is 40.0 Å². The van der Waals surface area contributed by atoms with Gasteiger partial charge in [-0.05, 0) is 41.5 Å². The van der Waals surface area contributed by atoms with Gasteiger partial charge in [-0.3, -0.25) is 0 Å². The number of nitrogens with zero attached hydrogens (tertiary/aromatic N) is 1. The predicted octanol–water partition coefficient (Wildman–Crippen LogP) is 5.79. The van der Waals surface area contributed by atoms with Gasteiger partial charge in [-0.2, -0.15) is 0 Å². The molecule has 2 heteroatoms. The number of rotatable bonds is 2. The summed E-state index contributed by atoms with van der Waals surface area (Å²) in [5.74, 6) is 0. The Kier molecular flexibility index (Phi) is 3.12. The molecule has 108 valence electrons. The van der Waals surface area contributed by atoms with E-state index in [9.17, 15) is 0 Å². The first-order chi connectivity index (χ1) is 10.7. The van der Waals surface area contributed by atoms with E-state index in [1.807, 2.05) is 11.3 Å². The third-order valence-corrected chi connectivity index (χ3v) is 5.25. The molecule has 1 aromatic heterocycles. The molecule has 1 nitrogen and oxygen atoms in total. The molecule has 0 spiro atoms. The Balaban J connectivity index is 1.86. The summed E-state index contributed by atoms with van der Waals surface area (Å²) in [4.78, 5) is 2.12. The molecule has 4 rings (SSSR count). The number of thiophene rings is 1. The van der Waals surface area contributed by atoms with Crippen molar-refractivity contribution in [1.29, 1.82) is 0 Å². The summed E-state index contributed by atoms with van der Waals surface area (Å²) in [6.45, 7) is 0. The molecule has 0 bridgehead atoms. The van der Waals surface area contributed by atoms with Crippen LogP contribution in [0.1, 0.15) is 0 Å². The lowest BCUT2D eigenvalue weighted by Gasteiger charge is -2.12. The topological polar surface area (TPSA) is 3.24 Å². The average Bonchev–Trinajstić information content (AvgIpc) is 2.92. The fourth-order valence-electron chi connectivity index (χ4n) is 2.86. The van der Waals surface area contributed by atoms with Gasteiger partial charge in [-0.25, -0.2) is 0 Å². The fraction of sp³-hybridized carbons (Fsp3) is 0.100. The van der Waals surface area contributed by atoms with Gasteiger partial charge in [0.2, 0.25) is 0 Å².